The number of carbonyl (C=O) groups is 1. The summed E-state index contributed by atoms with van der Waals surface area (Å²) in [6, 6.07) is 10.9. The lowest BCUT2D eigenvalue weighted by molar-refractivity contribution is 0.101. The van der Waals surface area contributed by atoms with Crippen molar-refractivity contribution in [1.82, 2.24) is 24.5 Å². The van der Waals surface area contributed by atoms with Crippen LogP contribution in [0.2, 0.25) is 15.1 Å². The molecule has 1 N–H and O–H groups in total. The first-order chi connectivity index (χ1) is 15.4. The molecule has 164 valence electrons. The molecule has 0 aliphatic carbocycles. The largest absolute Gasteiger partial charge is 0.470 e. The summed E-state index contributed by atoms with van der Waals surface area (Å²) < 4.78 is 22.3. The lowest BCUT2D eigenvalue weighted by Crippen LogP contribution is -2.15. The monoisotopic (exact) mass is 494 g/mol. The van der Waals surface area contributed by atoms with Crippen molar-refractivity contribution in [3.63, 3.8) is 0 Å². The van der Waals surface area contributed by atoms with Crippen LogP contribution in [0.1, 0.15) is 16.1 Å². The predicted octanol–water partition coefficient (Wildman–Crippen LogP) is 4.91. The van der Waals surface area contributed by atoms with Crippen molar-refractivity contribution in [2.75, 3.05) is 5.32 Å². The van der Waals surface area contributed by atoms with Crippen molar-refractivity contribution in [1.29, 1.82) is 0 Å². The van der Waals surface area contributed by atoms with E-state index in [0.29, 0.717) is 10.8 Å². The number of benzene rings is 2. The fourth-order valence-electron chi connectivity index (χ4n) is 2.72. The molecule has 0 spiro atoms. The Balaban J connectivity index is 1.37. The van der Waals surface area contributed by atoms with E-state index in [4.69, 9.17) is 39.5 Å². The van der Waals surface area contributed by atoms with Gasteiger partial charge >= 0.3 is 0 Å². The first-order valence-corrected chi connectivity index (χ1v) is 10.3. The van der Waals surface area contributed by atoms with E-state index < -0.39 is 11.7 Å². The smallest absolute Gasteiger partial charge is 0.278 e. The minimum absolute atomic E-state index is 0.0175. The van der Waals surface area contributed by atoms with Gasteiger partial charge in [-0.25, -0.2) is 18.7 Å². The number of nitrogens with zero attached hydrogens (tertiary/aromatic N) is 5. The minimum Gasteiger partial charge on any atom is -0.470 e. The van der Waals surface area contributed by atoms with E-state index in [9.17, 15) is 9.18 Å². The summed E-state index contributed by atoms with van der Waals surface area (Å²) >= 11 is 18.1. The average Bonchev–Trinajstić information content (AvgIpc) is 3.41. The third-order valence-corrected chi connectivity index (χ3v) is 5.44. The number of anilines is 1. The van der Waals surface area contributed by atoms with Gasteiger partial charge < -0.3 is 4.74 Å². The van der Waals surface area contributed by atoms with Gasteiger partial charge in [-0.15, -0.1) is 5.10 Å². The summed E-state index contributed by atoms with van der Waals surface area (Å²) in [5, 5.41) is 11.7. The number of nitrogens with one attached hydrogen (secondary N) is 1. The maximum absolute atomic E-state index is 13.9. The Kier molecular flexibility index (Phi) is 6.59. The first kappa shape index (κ1) is 22.1. The average molecular weight is 496 g/mol. The highest BCUT2D eigenvalue weighted by atomic mass is 35.5. The quantitative estimate of drug-likeness (QED) is 0.394. The second kappa shape index (κ2) is 9.56. The van der Waals surface area contributed by atoms with Gasteiger partial charge in [0.05, 0.1) is 11.6 Å². The Bertz CT molecular complexity index is 1260. The Morgan fingerprint density at radius 3 is 2.62 bits per heavy atom. The van der Waals surface area contributed by atoms with E-state index >= 15 is 0 Å². The van der Waals surface area contributed by atoms with Gasteiger partial charge in [0.25, 0.3) is 5.91 Å². The molecule has 0 radical (unpaired) electrons. The standard InChI is InChI=1S/C20H14Cl3FN6O2/c21-13-3-1-5-15(24)12(13)9-30-10-25-20(28-30)26-19(31)16-7-8-29(27-16)11-32-17-6-2-4-14(22)18(17)23/h1-8,10H,9,11H2,(H,26,28,31). The zero-order valence-electron chi connectivity index (χ0n) is 16.2. The Morgan fingerprint density at radius 1 is 1.03 bits per heavy atom. The third-order valence-electron chi connectivity index (χ3n) is 4.29. The molecule has 0 unspecified atom stereocenters. The number of hydrogen-bond acceptors (Lipinski definition) is 5. The molecule has 2 heterocycles. The molecule has 0 aliphatic rings. The lowest BCUT2D eigenvalue weighted by Gasteiger charge is -2.08. The summed E-state index contributed by atoms with van der Waals surface area (Å²) in [6.45, 7) is 0.0794. The van der Waals surface area contributed by atoms with E-state index in [-0.39, 0.29) is 40.5 Å². The molecule has 0 bridgehead atoms. The van der Waals surface area contributed by atoms with Crippen LogP contribution in [-0.2, 0) is 13.3 Å². The van der Waals surface area contributed by atoms with Crippen LogP contribution in [0.25, 0.3) is 0 Å². The molecular weight excluding hydrogens is 482 g/mol. The molecular formula is C20H14Cl3FN6O2. The highest BCUT2D eigenvalue weighted by Gasteiger charge is 2.14. The number of rotatable bonds is 7. The van der Waals surface area contributed by atoms with Gasteiger partial charge in [-0.1, -0.05) is 46.9 Å². The van der Waals surface area contributed by atoms with E-state index in [1.165, 1.54) is 33.9 Å². The number of ether oxygens (including phenoxy) is 1. The number of halogens is 4. The van der Waals surface area contributed by atoms with Crippen molar-refractivity contribution in [3.8, 4) is 5.75 Å². The van der Waals surface area contributed by atoms with Crippen LogP contribution in [0.15, 0.2) is 55.0 Å². The number of amides is 1. The van der Waals surface area contributed by atoms with Gasteiger partial charge in [0.15, 0.2) is 12.4 Å². The predicted molar refractivity (Wildman–Crippen MR) is 118 cm³/mol. The maximum Gasteiger partial charge on any atom is 0.278 e. The molecule has 2 aromatic carbocycles. The van der Waals surface area contributed by atoms with Gasteiger partial charge in [0.1, 0.15) is 22.9 Å². The van der Waals surface area contributed by atoms with E-state index in [1.807, 2.05) is 0 Å². The molecule has 2 aromatic heterocycles. The lowest BCUT2D eigenvalue weighted by atomic mass is 10.2. The maximum atomic E-state index is 13.9. The molecule has 8 nitrogen and oxygen atoms in total. The number of hydrogen-bond donors (Lipinski definition) is 1. The molecule has 0 atom stereocenters. The summed E-state index contributed by atoms with van der Waals surface area (Å²) in [7, 11) is 0. The molecule has 4 rings (SSSR count). The topological polar surface area (TPSA) is 86.9 Å². The Labute approximate surface area is 196 Å². The van der Waals surface area contributed by atoms with Crippen LogP contribution in [0.5, 0.6) is 5.75 Å². The minimum atomic E-state index is -0.522. The zero-order chi connectivity index (χ0) is 22.7. The van der Waals surface area contributed by atoms with Crippen molar-refractivity contribution in [2.45, 2.75) is 13.3 Å². The van der Waals surface area contributed by atoms with E-state index in [1.54, 1.807) is 30.5 Å². The number of carbonyl (C=O) groups excluding carboxylic acids is 1. The van der Waals surface area contributed by atoms with Gasteiger partial charge in [-0.2, -0.15) is 5.10 Å². The van der Waals surface area contributed by atoms with Crippen molar-refractivity contribution in [3.05, 3.63) is 87.1 Å². The van der Waals surface area contributed by atoms with Gasteiger partial charge in [-0.3, -0.25) is 10.1 Å². The van der Waals surface area contributed by atoms with E-state index in [2.05, 4.69) is 20.5 Å². The van der Waals surface area contributed by atoms with Gasteiger partial charge in [0.2, 0.25) is 5.95 Å². The molecule has 4 aromatic rings. The Hall–Kier alpha value is -3.14. The molecule has 12 heteroatoms. The van der Waals surface area contributed by atoms with Crippen LogP contribution in [0, 0.1) is 5.82 Å². The highest BCUT2D eigenvalue weighted by molar-refractivity contribution is 6.42. The fraction of sp³-hybridized carbons (Fsp3) is 0.100. The first-order valence-electron chi connectivity index (χ1n) is 9.14. The number of aromatic nitrogens is 5. The Morgan fingerprint density at radius 2 is 1.81 bits per heavy atom. The molecule has 0 fully saturated rings. The molecule has 0 aliphatic heterocycles. The SMILES string of the molecule is O=C(Nc1ncn(Cc2c(F)cccc2Cl)n1)c1ccn(COc2cccc(Cl)c2Cl)n1. The van der Waals surface area contributed by atoms with Crippen molar-refractivity contribution in [2.24, 2.45) is 0 Å². The second-order valence-corrected chi connectivity index (χ2v) is 7.68. The van der Waals surface area contributed by atoms with Crippen LogP contribution in [0.3, 0.4) is 0 Å². The highest BCUT2D eigenvalue weighted by Crippen LogP contribution is 2.31. The summed E-state index contributed by atoms with van der Waals surface area (Å²) in [4.78, 5) is 16.4. The van der Waals surface area contributed by atoms with Crippen LogP contribution < -0.4 is 10.1 Å². The zero-order valence-corrected chi connectivity index (χ0v) is 18.4. The summed E-state index contributed by atoms with van der Waals surface area (Å²) in [6.07, 6.45) is 2.93. The van der Waals surface area contributed by atoms with Crippen molar-refractivity contribution >= 4 is 46.7 Å². The van der Waals surface area contributed by atoms with Crippen LogP contribution in [-0.4, -0.2) is 30.5 Å². The fourth-order valence-corrected chi connectivity index (χ4v) is 3.29. The third kappa shape index (κ3) is 5.01. The summed E-state index contributed by atoms with van der Waals surface area (Å²) in [5.41, 5.74) is 0.398. The second-order valence-electron chi connectivity index (χ2n) is 6.49. The van der Waals surface area contributed by atoms with Crippen LogP contribution >= 0.6 is 34.8 Å². The molecule has 0 saturated carbocycles. The molecule has 32 heavy (non-hydrogen) atoms. The van der Waals surface area contributed by atoms with Gasteiger partial charge in [-0.05, 0) is 30.3 Å². The van der Waals surface area contributed by atoms with Crippen molar-refractivity contribution < 1.29 is 13.9 Å². The normalized spacial score (nSPS) is 10.9. The molecule has 1 amide bonds. The van der Waals surface area contributed by atoms with E-state index in [0.717, 1.165) is 0 Å². The summed E-state index contributed by atoms with van der Waals surface area (Å²) in [5.74, 6) is -0.541. The molecule has 0 saturated heterocycles. The van der Waals surface area contributed by atoms with Gasteiger partial charge in [0, 0.05) is 16.8 Å². The van der Waals surface area contributed by atoms with Crippen LogP contribution in [0.4, 0.5) is 10.3 Å².